The first-order valence-corrected chi connectivity index (χ1v) is 6.50. The van der Waals surface area contributed by atoms with E-state index in [-0.39, 0.29) is 5.91 Å². The summed E-state index contributed by atoms with van der Waals surface area (Å²) in [6.07, 6.45) is 6.55. The van der Waals surface area contributed by atoms with Crippen LogP contribution in [0.5, 0.6) is 0 Å². The lowest BCUT2D eigenvalue weighted by molar-refractivity contribution is -0.121. The first kappa shape index (κ1) is 11.5. The number of amides is 1. The highest BCUT2D eigenvalue weighted by Crippen LogP contribution is 2.16. The van der Waals surface area contributed by atoms with Crippen molar-refractivity contribution in [2.75, 3.05) is 0 Å². The standard InChI is InChI=1S/C11H14N2OS2/c1-7-9(16-11(15)12-7)6-10(14)13-8-4-2-3-5-8/h2-3,8H,4-6H2,1H3,(H,12,15)(H,13,14). The van der Waals surface area contributed by atoms with Crippen molar-refractivity contribution in [3.63, 3.8) is 0 Å². The molecule has 0 fully saturated rings. The highest BCUT2D eigenvalue weighted by atomic mass is 32.1. The minimum atomic E-state index is 0.0852. The van der Waals surface area contributed by atoms with E-state index < -0.39 is 0 Å². The maximum Gasteiger partial charge on any atom is 0.225 e. The highest BCUT2D eigenvalue weighted by molar-refractivity contribution is 7.73. The third-order valence-electron chi connectivity index (χ3n) is 2.62. The molecule has 1 aliphatic carbocycles. The zero-order valence-electron chi connectivity index (χ0n) is 9.08. The summed E-state index contributed by atoms with van der Waals surface area (Å²) in [6.45, 7) is 1.95. The Morgan fingerprint density at radius 2 is 2.31 bits per heavy atom. The topological polar surface area (TPSA) is 44.9 Å². The Bertz CT molecular complexity index is 465. The number of carbonyl (C=O) groups excluding carboxylic acids is 1. The molecule has 0 radical (unpaired) electrons. The van der Waals surface area contributed by atoms with Crippen LogP contribution >= 0.6 is 23.6 Å². The van der Waals surface area contributed by atoms with Gasteiger partial charge in [0.05, 0.1) is 6.42 Å². The van der Waals surface area contributed by atoms with Crippen molar-refractivity contribution in [2.24, 2.45) is 0 Å². The molecule has 1 amide bonds. The van der Waals surface area contributed by atoms with Crippen LogP contribution in [0, 0.1) is 10.9 Å². The van der Waals surface area contributed by atoms with Gasteiger partial charge in [0.25, 0.3) is 0 Å². The van der Waals surface area contributed by atoms with Gasteiger partial charge >= 0.3 is 0 Å². The van der Waals surface area contributed by atoms with E-state index in [0.717, 1.165) is 27.4 Å². The molecule has 0 aromatic carbocycles. The van der Waals surface area contributed by atoms with Crippen molar-refractivity contribution in [1.29, 1.82) is 0 Å². The lowest BCUT2D eigenvalue weighted by Crippen LogP contribution is -2.33. The largest absolute Gasteiger partial charge is 0.352 e. The minimum Gasteiger partial charge on any atom is -0.352 e. The first-order chi connectivity index (χ1) is 7.65. The predicted molar refractivity (Wildman–Crippen MR) is 68.2 cm³/mol. The quantitative estimate of drug-likeness (QED) is 0.643. The monoisotopic (exact) mass is 254 g/mol. The van der Waals surface area contributed by atoms with Gasteiger partial charge in [-0.25, -0.2) is 0 Å². The van der Waals surface area contributed by atoms with Crippen LogP contribution in [0.25, 0.3) is 0 Å². The van der Waals surface area contributed by atoms with Crippen LogP contribution in [0.1, 0.15) is 23.4 Å². The third kappa shape index (κ3) is 2.80. The molecule has 0 saturated carbocycles. The summed E-state index contributed by atoms with van der Waals surface area (Å²) in [5, 5.41) is 3.02. The summed E-state index contributed by atoms with van der Waals surface area (Å²) in [7, 11) is 0. The normalized spacial score (nSPS) is 15.6. The predicted octanol–water partition coefficient (Wildman–Crippen LogP) is 2.49. The van der Waals surface area contributed by atoms with Crippen molar-refractivity contribution in [1.82, 2.24) is 10.3 Å². The molecule has 5 heteroatoms. The number of hydrogen-bond acceptors (Lipinski definition) is 3. The number of thiazole rings is 1. The smallest absolute Gasteiger partial charge is 0.225 e. The SMILES string of the molecule is Cc1[nH]c(=S)sc1CC(=O)NC1CC=CC1. The van der Waals surface area contributed by atoms with Gasteiger partial charge in [-0.1, -0.05) is 12.2 Å². The summed E-state index contributed by atoms with van der Waals surface area (Å²) in [5.41, 5.74) is 1.01. The number of aryl methyl sites for hydroxylation is 1. The lowest BCUT2D eigenvalue weighted by Gasteiger charge is -2.11. The fourth-order valence-corrected chi connectivity index (χ4v) is 3.06. The fraction of sp³-hybridized carbons (Fsp3) is 0.455. The maximum absolute atomic E-state index is 11.7. The number of carbonyl (C=O) groups is 1. The summed E-state index contributed by atoms with van der Waals surface area (Å²) in [5.74, 6) is 0.0852. The molecule has 86 valence electrons. The molecule has 0 saturated heterocycles. The van der Waals surface area contributed by atoms with Crippen LogP contribution in [0.2, 0.25) is 0 Å². The molecule has 0 aliphatic heterocycles. The van der Waals surface area contributed by atoms with Gasteiger partial charge in [0.2, 0.25) is 5.91 Å². The van der Waals surface area contributed by atoms with Crippen LogP contribution in [0.15, 0.2) is 12.2 Å². The Labute approximate surface area is 104 Å². The number of H-pyrrole nitrogens is 1. The Morgan fingerprint density at radius 3 is 2.88 bits per heavy atom. The number of aromatic amines is 1. The number of nitrogens with one attached hydrogen (secondary N) is 2. The van der Waals surface area contributed by atoms with Gasteiger partial charge in [0.1, 0.15) is 0 Å². The van der Waals surface area contributed by atoms with Crippen LogP contribution in [0.4, 0.5) is 0 Å². The minimum absolute atomic E-state index is 0.0852. The van der Waals surface area contributed by atoms with Crippen molar-refractivity contribution >= 4 is 29.5 Å². The molecule has 16 heavy (non-hydrogen) atoms. The molecule has 1 aromatic rings. The van der Waals surface area contributed by atoms with Crippen LogP contribution in [-0.4, -0.2) is 16.9 Å². The molecule has 0 bridgehead atoms. The Morgan fingerprint density at radius 1 is 1.62 bits per heavy atom. The van der Waals surface area contributed by atoms with E-state index in [2.05, 4.69) is 22.5 Å². The van der Waals surface area contributed by atoms with Gasteiger partial charge in [-0.15, -0.1) is 11.3 Å². The van der Waals surface area contributed by atoms with Crippen molar-refractivity contribution in [3.05, 3.63) is 26.7 Å². The zero-order valence-corrected chi connectivity index (χ0v) is 10.7. The number of rotatable bonds is 3. The van der Waals surface area contributed by atoms with Crippen LogP contribution < -0.4 is 5.32 Å². The van der Waals surface area contributed by atoms with Crippen LogP contribution in [0.3, 0.4) is 0 Å². The van der Waals surface area contributed by atoms with Gasteiger partial charge in [0.15, 0.2) is 3.95 Å². The van der Waals surface area contributed by atoms with E-state index in [0.29, 0.717) is 12.5 Å². The summed E-state index contributed by atoms with van der Waals surface area (Å²) in [6, 6.07) is 0.291. The van der Waals surface area contributed by atoms with Gasteiger partial charge in [-0.2, -0.15) is 0 Å². The van der Waals surface area contributed by atoms with Gasteiger partial charge in [-0.05, 0) is 32.0 Å². The van der Waals surface area contributed by atoms with E-state index in [9.17, 15) is 4.79 Å². The second-order valence-electron chi connectivity index (χ2n) is 3.95. The average molecular weight is 254 g/mol. The molecule has 0 atom stereocenters. The van der Waals surface area contributed by atoms with Crippen molar-refractivity contribution in [3.8, 4) is 0 Å². The third-order valence-corrected chi connectivity index (χ3v) is 3.95. The van der Waals surface area contributed by atoms with Crippen molar-refractivity contribution in [2.45, 2.75) is 32.2 Å². The summed E-state index contributed by atoms with van der Waals surface area (Å²) in [4.78, 5) is 15.8. The van der Waals surface area contributed by atoms with Crippen molar-refractivity contribution < 1.29 is 4.79 Å². The van der Waals surface area contributed by atoms with E-state index in [1.54, 1.807) is 0 Å². The van der Waals surface area contributed by atoms with E-state index in [1.807, 2.05) is 6.92 Å². The second kappa shape index (κ2) is 4.93. The molecule has 1 heterocycles. The Kier molecular flexibility index (Phi) is 3.56. The van der Waals surface area contributed by atoms with Gasteiger partial charge in [-0.3, -0.25) is 4.79 Å². The first-order valence-electron chi connectivity index (χ1n) is 5.28. The molecule has 1 aromatic heterocycles. The van der Waals surface area contributed by atoms with Gasteiger partial charge in [0, 0.05) is 16.6 Å². The maximum atomic E-state index is 11.7. The molecular formula is C11H14N2OS2. The van der Waals surface area contributed by atoms with Crippen LogP contribution in [-0.2, 0) is 11.2 Å². The molecule has 0 spiro atoms. The average Bonchev–Trinajstić information content (AvgIpc) is 2.78. The van der Waals surface area contributed by atoms with E-state index >= 15 is 0 Å². The fourth-order valence-electron chi connectivity index (χ4n) is 1.77. The number of hydrogen-bond donors (Lipinski definition) is 2. The molecule has 3 nitrogen and oxygen atoms in total. The lowest BCUT2D eigenvalue weighted by atomic mass is 10.2. The molecule has 2 rings (SSSR count). The zero-order chi connectivity index (χ0) is 11.5. The van der Waals surface area contributed by atoms with E-state index in [4.69, 9.17) is 12.2 Å². The number of aromatic nitrogens is 1. The summed E-state index contributed by atoms with van der Waals surface area (Å²) >= 11 is 6.52. The Balaban J connectivity index is 1.91. The second-order valence-corrected chi connectivity index (χ2v) is 5.72. The molecule has 2 N–H and O–H groups in total. The van der Waals surface area contributed by atoms with Gasteiger partial charge < -0.3 is 10.3 Å². The van der Waals surface area contributed by atoms with E-state index in [1.165, 1.54) is 11.3 Å². The molecule has 0 unspecified atom stereocenters. The Hall–Kier alpha value is -0.940. The molecular weight excluding hydrogens is 240 g/mol. The summed E-state index contributed by atoms with van der Waals surface area (Å²) < 4.78 is 0.739. The molecule has 1 aliphatic rings. The highest BCUT2D eigenvalue weighted by Gasteiger charge is 2.14.